The maximum absolute atomic E-state index is 5.76. The van der Waals surface area contributed by atoms with Gasteiger partial charge in [-0.05, 0) is 56.6 Å². The molecule has 0 spiro atoms. The van der Waals surface area contributed by atoms with Crippen molar-refractivity contribution in [2.75, 3.05) is 13.2 Å². The third-order valence-corrected chi connectivity index (χ3v) is 4.24. The summed E-state index contributed by atoms with van der Waals surface area (Å²) in [5, 5.41) is 0. The SMILES string of the molecule is CCOC(OCC)C(CC1CCCc2ccccc21)NN. The number of rotatable bonds is 8. The van der Waals surface area contributed by atoms with Crippen molar-refractivity contribution < 1.29 is 9.47 Å². The molecule has 0 amide bonds. The molecule has 21 heavy (non-hydrogen) atoms. The van der Waals surface area contributed by atoms with E-state index in [0.717, 1.165) is 6.42 Å². The van der Waals surface area contributed by atoms with Gasteiger partial charge in [0, 0.05) is 13.2 Å². The first-order chi connectivity index (χ1) is 10.3. The van der Waals surface area contributed by atoms with Crippen LogP contribution in [0.15, 0.2) is 24.3 Å². The molecule has 4 nitrogen and oxygen atoms in total. The maximum Gasteiger partial charge on any atom is 0.174 e. The van der Waals surface area contributed by atoms with Crippen molar-refractivity contribution in [2.24, 2.45) is 5.84 Å². The first-order valence-electron chi connectivity index (χ1n) is 8.07. The molecular formula is C17H28N2O2. The van der Waals surface area contributed by atoms with E-state index in [1.165, 1.54) is 30.4 Å². The minimum absolute atomic E-state index is 0.0149. The number of fused-ring (bicyclic) bond motifs is 1. The largest absolute Gasteiger partial charge is 0.351 e. The van der Waals surface area contributed by atoms with Gasteiger partial charge in [0.2, 0.25) is 0 Å². The van der Waals surface area contributed by atoms with Crippen LogP contribution in [0.3, 0.4) is 0 Å². The van der Waals surface area contributed by atoms with Crippen LogP contribution in [-0.4, -0.2) is 25.5 Å². The molecular weight excluding hydrogens is 264 g/mol. The summed E-state index contributed by atoms with van der Waals surface area (Å²) in [5.74, 6) is 6.29. The molecule has 0 aliphatic heterocycles. The van der Waals surface area contributed by atoms with Gasteiger partial charge >= 0.3 is 0 Å². The smallest absolute Gasteiger partial charge is 0.174 e. The van der Waals surface area contributed by atoms with Crippen LogP contribution in [0.1, 0.15) is 50.2 Å². The van der Waals surface area contributed by atoms with Gasteiger partial charge in [-0.3, -0.25) is 11.3 Å². The number of hydrogen-bond donors (Lipinski definition) is 2. The van der Waals surface area contributed by atoms with Gasteiger partial charge < -0.3 is 9.47 Å². The van der Waals surface area contributed by atoms with Gasteiger partial charge in [0.1, 0.15) is 0 Å². The van der Waals surface area contributed by atoms with E-state index in [1.54, 1.807) is 0 Å². The van der Waals surface area contributed by atoms with Crippen LogP contribution in [-0.2, 0) is 15.9 Å². The van der Waals surface area contributed by atoms with E-state index in [1.807, 2.05) is 13.8 Å². The van der Waals surface area contributed by atoms with E-state index in [9.17, 15) is 0 Å². The number of nitrogens with two attached hydrogens (primary N) is 1. The van der Waals surface area contributed by atoms with Gasteiger partial charge in [0.05, 0.1) is 6.04 Å². The normalized spacial score (nSPS) is 19.5. The van der Waals surface area contributed by atoms with Crippen molar-refractivity contribution in [1.82, 2.24) is 5.43 Å². The molecule has 4 heteroatoms. The maximum atomic E-state index is 5.76. The second kappa shape index (κ2) is 8.49. The molecule has 0 saturated heterocycles. The average Bonchev–Trinajstić information content (AvgIpc) is 2.52. The Morgan fingerprint density at radius 1 is 1.24 bits per heavy atom. The second-order valence-electron chi connectivity index (χ2n) is 5.58. The summed E-state index contributed by atoms with van der Waals surface area (Å²) in [7, 11) is 0. The van der Waals surface area contributed by atoms with Gasteiger partial charge in [-0.2, -0.15) is 0 Å². The van der Waals surface area contributed by atoms with Crippen LogP contribution >= 0.6 is 0 Å². The van der Waals surface area contributed by atoms with Crippen LogP contribution in [0.4, 0.5) is 0 Å². The monoisotopic (exact) mass is 292 g/mol. The lowest BCUT2D eigenvalue weighted by molar-refractivity contribution is -0.156. The predicted molar refractivity (Wildman–Crippen MR) is 84.9 cm³/mol. The van der Waals surface area contributed by atoms with Gasteiger partial charge in [-0.15, -0.1) is 0 Å². The van der Waals surface area contributed by atoms with E-state index < -0.39 is 0 Å². The average molecular weight is 292 g/mol. The minimum atomic E-state index is -0.279. The van der Waals surface area contributed by atoms with E-state index in [0.29, 0.717) is 19.1 Å². The molecule has 0 radical (unpaired) electrons. The van der Waals surface area contributed by atoms with E-state index in [-0.39, 0.29) is 12.3 Å². The predicted octanol–water partition coefficient (Wildman–Crippen LogP) is 2.73. The highest BCUT2D eigenvalue weighted by atomic mass is 16.7. The zero-order valence-electron chi connectivity index (χ0n) is 13.2. The third-order valence-electron chi connectivity index (χ3n) is 4.24. The van der Waals surface area contributed by atoms with Gasteiger partial charge in [-0.25, -0.2) is 0 Å². The first-order valence-corrected chi connectivity index (χ1v) is 8.07. The molecule has 1 aromatic rings. The summed E-state index contributed by atoms with van der Waals surface area (Å²) in [6.45, 7) is 5.22. The van der Waals surface area contributed by atoms with Crippen molar-refractivity contribution in [2.45, 2.75) is 57.8 Å². The molecule has 3 N–H and O–H groups in total. The van der Waals surface area contributed by atoms with E-state index >= 15 is 0 Å². The summed E-state index contributed by atoms with van der Waals surface area (Å²) in [4.78, 5) is 0. The number of hydrogen-bond acceptors (Lipinski definition) is 4. The molecule has 2 atom stereocenters. The van der Waals surface area contributed by atoms with Crippen LogP contribution in [0, 0.1) is 0 Å². The van der Waals surface area contributed by atoms with Crippen LogP contribution in [0.25, 0.3) is 0 Å². The Labute approximate surface area is 128 Å². The van der Waals surface area contributed by atoms with Crippen molar-refractivity contribution in [3.63, 3.8) is 0 Å². The van der Waals surface area contributed by atoms with Crippen molar-refractivity contribution in [1.29, 1.82) is 0 Å². The molecule has 1 aliphatic carbocycles. The fourth-order valence-corrected chi connectivity index (χ4v) is 3.27. The number of benzene rings is 1. The molecule has 1 aromatic carbocycles. The van der Waals surface area contributed by atoms with E-state index in [2.05, 4.69) is 29.7 Å². The van der Waals surface area contributed by atoms with Crippen molar-refractivity contribution >= 4 is 0 Å². The Morgan fingerprint density at radius 2 is 1.95 bits per heavy atom. The number of nitrogens with one attached hydrogen (secondary N) is 1. The molecule has 0 heterocycles. The quantitative estimate of drug-likeness (QED) is 0.439. The summed E-state index contributed by atoms with van der Waals surface area (Å²) >= 11 is 0. The second-order valence-corrected chi connectivity index (χ2v) is 5.58. The summed E-state index contributed by atoms with van der Waals surface area (Å²) in [5.41, 5.74) is 5.85. The lowest BCUT2D eigenvalue weighted by Gasteiger charge is -2.32. The summed E-state index contributed by atoms with van der Waals surface area (Å²) < 4.78 is 11.4. The molecule has 0 bridgehead atoms. The Hall–Kier alpha value is -0.940. The third kappa shape index (κ3) is 4.27. The zero-order valence-corrected chi connectivity index (χ0v) is 13.2. The molecule has 0 fully saturated rings. The summed E-state index contributed by atoms with van der Waals surface area (Å²) in [6.07, 6.45) is 4.30. The van der Waals surface area contributed by atoms with Crippen LogP contribution in [0.2, 0.25) is 0 Å². The Kier molecular flexibility index (Phi) is 6.64. The van der Waals surface area contributed by atoms with Gasteiger partial charge in [0.15, 0.2) is 6.29 Å². The molecule has 118 valence electrons. The molecule has 2 unspecified atom stereocenters. The first kappa shape index (κ1) is 16.4. The van der Waals surface area contributed by atoms with Crippen molar-refractivity contribution in [3.05, 3.63) is 35.4 Å². The lowest BCUT2D eigenvalue weighted by Crippen LogP contribution is -2.47. The molecule has 0 saturated carbocycles. The fraction of sp³-hybridized carbons (Fsp3) is 0.647. The molecule has 1 aliphatic rings. The Balaban J connectivity index is 2.08. The topological polar surface area (TPSA) is 56.5 Å². The molecule has 0 aromatic heterocycles. The Bertz CT molecular complexity index is 419. The summed E-state index contributed by atoms with van der Waals surface area (Å²) in [6, 6.07) is 8.77. The number of hydrazine groups is 1. The highest BCUT2D eigenvalue weighted by Gasteiger charge is 2.28. The molecule has 2 rings (SSSR count). The number of ether oxygens (including phenoxy) is 2. The fourth-order valence-electron chi connectivity index (χ4n) is 3.27. The van der Waals surface area contributed by atoms with Gasteiger partial charge in [0.25, 0.3) is 0 Å². The van der Waals surface area contributed by atoms with Gasteiger partial charge in [-0.1, -0.05) is 24.3 Å². The lowest BCUT2D eigenvalue weighted by atomic mass is 9.79. The van der Waals surface area contributed by atoms with Crippen LogP contribution < -0.4 is 11.3 Å². The number of aryl methyl sites for hydroxylation is 1. The Morgan fingerprint density at radius 3 is 2.62 bits per heavy atom. The van der Waals surface area contributed by atoms with Crippen LogP contribution in [0.5, 0.6) is 0 Å². The minimum Gasteiger partial charge on any atom is -0.351 e. The van der Waals surface area contributed by atoms with Crippen molar-refractivity contribution in [3.8, 4) is 0 Å². The highest BCUT2D eigenvalue weighted by molar-refractivity contribution is 5.32. The van der Waals surface area contributed by atoms with E-state index in [4.69, 9.17) is 15.3 Å². The highest BCUT2D eigenvalue weighted by Crippen LogP contribution is 2.35. The standard InChI is InChI=1S/C17H28N2O2/c1-3-20-17(21-4-2)16(19-18)12-14-10-7-9-13-8-5-6-11-15(13)14/h5-6,8,11,14,16-17,19H,3-4,7,9-10,12,18H2,1-2H3. The zero-order chi connectivity index (χ0) is 15.1.